The van der Waals surface area contributed by atoms with Crippen molar-refractivity contribution >= 4 is 34.4 Å². The summed E-state index contributed by atoms with van der Waals surface area (Å²) in [6.45, 7) is 1.90. The lowest BCUT2D eigenvalue weighted by Gasteiger charge is -2.02. The van der Waals surface area contributed by atoms with Crippen LogP contribution in [0.2, 0.25) is 0 Å². The number of rotatable bonds is 3. The Morgan fingerprint density at radius 3 is 2.85 bits per heavy atom. The van der Waals surface area contributed by atoms with E-state index in [9.17, 15) is 4.79 Å². The molecule has 0 spiro atoms. The van der Waals surface area contributed by atoms with Gasteiger partial charge < -0.3 is 5.32 Å². The Labute approximate surface area is 124 Å². The van der Waals surface area contributed by atoms with Gasteiger partial charge in [-0.25, -0.2) is 0 Å². The van der Waals surface area contributed by atoms with Gasteiger partial charge in [0.05, 0.1) is 10.6 Å². The van der Waals surface area contributed by atoms with Crippen LogP contribution in [0.5, 0.6) is 0 Å². The van der Waals surface area contributed by atoms with E-state index >= 15 is 0 Å². The molecule has 0 unspecified atom stereocenters. The van der Waals surface area contributed by atoms with Crippen molar-refractivity contribution in [3.8, 4) is 10.4 Å². The number of carbonyl (C=O) groups is 1. The van der Waals surface area contributed by atoms with Crippen LogP contribution in [-0.2, 0) is 7.05 Å². The van der Waals surface area contributed by atoms with Gasteiger partial charge in [-0.05, 0) is 24.4 Å². The van der Waals surface area contributed by atoms with Gasteiger partial charge in [0.25, 0.3) is 5.91 Å². The number of hydrogen-bond donors (Lipinski definition) is 1. The van der Waals surface area contributed by atoms with Crippen molar-refractivity contribution in [2.45, 2.75) is 6.92 Å². The van der Waals surface area contributed by atoms with Crippen LogP contribution >= 0.6 is 22.7 Å². The average molecular weight is 303 g/mol. The lowest BCUT2D eigenvalue weighted by atomic mass is 10.2. The SMILES string of the molecule is Cc1cc(NC(=O)c2cc(-c3cccs3)cs2)n(C)n1. The van der Waals surface area contributed by atoms with Gasteiger partial charge in [-0.1, -0.05) is 6.07 Å². The van der Waals surface area contributed by atoms with Gasteiger partial charge in [-0.2, -0.15) is 5.10 Å². The fourth-order valence-corrected chi connectivity index (χ4v) is 3.52. The molecule has 3 aromatic rings. The first-order chi connectivity index (χ1) is 9.63. The van der Waals surface area contributed by atoms with Crippen LogP contribution in [0.25, 0.3) is 10.4 Å². The number of nitrogens with one attached hydrogen (secondary N) is 1. The van der Waals surface area contributed by atoms with Gasteiger partial charge >= 0.3 is 0 Å². The van der Waals surface area contributed by atoms with Crippen LogP contribution in [-0.4, -0.2) is 15.7 Å². The van der Waals surface area contributed by atoms with E-state index in [0.717, 1.165) is 11.3 Å². The monoisotopic (exact) mass is 303 g/mol. The van der Waals surface area contributed by atoms with Gasteiger partial charge in [-0.3, -0.25) is 9.48 Å². The van der Waals surface area contributed by atoms with Crippen molar-refractivity contribution in [2.75, 3.05) is 5.32 Å². The van der Waals surface area contributed by atoms with E-state index in [1.165, 1.54) is 16.2 Å². The van der Waals surface area contributed by atoms with E-state index in [2.05, 4.69) is 16.5 Å². The van der Waals surface area contributed by atoms with E-state index < -0.39 is 0 Å². The van der Waals surface area contributed by atoms with Crippen LogP contribution < -0.4 is 5.32 Å². The molecule has 0 saturated heterocycles. The molecule has 0 aromatic carbocycles. The highest BCUT2D eigenvalue weighted by molar-refractivity contribution is 7.15. The summed E-state index contributed by atoms with van der Waals surface area (Å²) in [6, 6.07) is 7.84. The summed E-state index contributed by atoms with van der Waals surface area (Å²) < 4.78 is 1.67. The highest BCUT2D eigenvalue weighted by atomic mass is 32.1. The fourth-order valence-electron chi connectivity index (χ4n) is 1.93. The van der Waals surface area contributed by atoms with Crippen molar-refractivity contribution in [2.24, 2.45) is 7.05 Å². The Kier molecular flexibility index (Phi) is 3.42. The molecule has 0 atom stereocenters. The number of nitrogens with zero attached hydrogens (tertiary/aromatic N) is 2. The summed E-state index contributed by atoms with van der Waals surface area (Å²) >= 11 is 3.12. The molecule has 1 N–H and O–H groups in total. The van der Waals surface area contributed by atoms with Gasteiger partial charge in [0.2, 0.25) is 0 Å². The maximum absolute atomic E-state index is 12.2. The molecule has 6 heteroatoms. The summed E-state index contributed by atoms with van der Waals surface area (Å²) in [4.78, 5) is 14.1. The number of aromatic nitrogens is 2. The van der Waals surface area contributed by atoms with Crippen LogP contribution in [0.3, 0.4) is 0 Å². The first kappa shape index (κ1) is 13.1. The summed E-state index contributed by atoms with van der Waals surface area (Å²) in [5, 5.41) is 11.1. The molecule has 3 aromatic heterocycles. The zero-order chi connectivity index (χ0) is 14.1. The highest BCUT2D eigenvalue weighted by Crippen LogP contribution is 2.29. The number of anilines is 1. The normalized spacial score (nSPS) is 10.7. The van der Waals surface area contributed by atoms with Gasteiger partial charge in [0, 0.05) is 28.9 Å². The molecule has 0 aliphatic heterocycles. The quantitative estimate of drug-likeness (QED) is 0.800. The van der Waals surface area contributed by atoms with Gasteiger partial charge in [0.1, 0.15) is 5.82 Å². The maximum Gasteiger partial charge on any atom is 0.266 e. The third-order valence-electron chi connectivity index (χ3n) is 2.87. The third-order valence-corrected chi connectivity index (χ3v) is 4.72. The number of carbonyl (C=O) groups excluding carboxylic acids is 1. The maximum atomic E-state index is 12.2. The standard InChI is InChI=1S/C14H13N3OS2/c1-9-6-13(17(2)16-9)15-14(18)12-7-10(8-20-12)11-4-3-5-19-11/h3-8H,1-2H3,(H,15,18). The zero-order valence-corrected chi connectivity index (χ0v) is 12.7. The lowest BCUT2D eigenvalue weighted by Crippen LogP contribution is -2.13. The molecule has 3 heterocycles. The van der Waals surface area contributed by atoms with Crippen molar-refractivity contribution in [1.82, 2.24) is 9.78 Å². The summed E-state index contributed by atoms with van der Waals surface area (Å²) in [7, 11) is 1.81. The van der Waals surface area contributed by atoms with E-state index in [0.29, 0.717) is 10.7 Å². The third kappa shape index (κ3) is 2.52. The molecule has 0 bridgehead atoms. The van der Waals surface area contributed by atoms with Gasteiger partial charge in [-0.15, -0.1) is 22.7 Å². The van der Waals surface area contributed by atoms with E-state index in [-0.39, 0.29) is 5.91 Å². The largest absolute Gasteiger partial charge is 0.306 e. The molecule has 0 radical (unpaired) electrons. The second-order valence-corrected chi connectivity index (χ2v) is 6.28. The number of thiophene rings is 2. The molecular formula is C14H13N3OS2. The Balaban J connectivity index is 1.79. The van der Waals surface area contributed by atoms with Gasteiger partial charge in [0.15, 0.2) is 0 Å². The Hall–Kier alpha value is -1.92. The van der Waals surface area contributed by atoms with E-state index in [1.54, 1.807) is 16.0 Å². The van der Waals surface area contributed by atoms with Crippen LogP contribution in [0.4, 0.5) is 5.82 Å². The topological polar surface area (TPSA) is 46.9 Å². The van der Waals surface area contributed by atoms with E-state index in [4.69, 9.17) is 0 Å². The second-order valence-electron chi connectivity index (χ2n) is 4.43. The summed E-state index contributed by atoms with van der Waals surface area (Å²) in [5.74, 6) is 0.611. The number of aryl methyl sites for hydroxylation is 2. The summed E-state index contributed by atoms with van der Waals surface area (Å²) in [5.41, 5.74) is 1.98. The highest BCUT2D eigenvalue weighted by Gasteiger charge is 2.13. The Morgan fingerprint density at radius 2 is 2.20 bits per heavy atom. The molecule has 102 valence electrons. The molecule has 20 heavy (non-hydrogen) atoms. The first-order valence-corrected chi connectivity index (χ1v) is 7.84. The minimum Gasteiger partial charge on any atom is -0.306 e. The number of hydrogen-bond acceptors (Lipinski definition) is 4. The van der Waals surface area contributed by atoms with Crippen molar-refractivity contribution in [3.63, 3.8) is 0 Å². The molecule has 0 saturated carbocycles. The molecule has 3 rings (SSSR count). The fraction of sp³-hybridized carbons (Fsp3) is 0.143. The average Bonchev–Trinajstić information content (AvgIpc) is 3.11. The van der Waals surface area contributed by atoms with Crippen molar-refractivity contribution in [3.05, 3.63) is 45.6 Å². The molecule has 0 fully saturated rings. The van der Waals surface area contributed by atoms with Crippen molar-refractivity contribution in [1.29, 1.82) is 0 Å². The van der Waals surface area contributed by atoms with E-state index in [1.807, 2.05) is 42.9 Å². The molecular weight excluding hydrogens is 290 g/mol. The molecule has 0 aliphatic carbocycles. The minimum absolute atomic E-state index is 0.0965. The van der Waals surface area contributed by atoms with Crippen LogP contribution in [0, 0.1) is 6.92 Å². The minimum atomic E-state index is -0.0965. The van der Waals surface area contributed by atoms with Crippen LogP contribution in [0.1, 0.15) is 15.4 Å². The molecule has 0 aliphatic rings. The predicted molar refractivity (Wildman–Crippen MR) is 83.5 cm³/mol. The Bertz CT molecular complexity index is 740. The Morgan fingerprint density at radius 1 is 1.35 bits per heavy atom. The molecule has 1 amide bonds. The second kappa shape index (κ2) is 5.22. The number of amides is 1. The summed E-state index contributed by atoms with van der Waals surface area (Å²) in [6.07, 6.45) is 0. The smallest absolute Gasteiger partial charge is 0.266 e. The van der Waals surface area contributed by atoms with Crippen molar-refractivity contribution < 1.29 is 4.79 Å². The van der Waals surface area contributed by atoms with Crippen LogP contribution in [0.15, 0.2) is 35.0 Å². The predicted octanol–water partition coefficient (Wildman–Crippen LogP) is 3.77. The first-order valence-electron chi connectivity index (χ1n) is 6.08. The lowest BCUT2D eigenvalue weighted by molar-refractivity contribution is 0.102. The molecule has 4 nitrogen and oxygen atoms in total. The zero-order valence-electron chi connectivity index (χ0n) is 11.1.